The molecular weight excluding hydrogens is 344 g/mol. The molecule has 1 aromatic rings. The predicted molar refractivity (Wildman–Crippen MR) is 94.1 cm³/mol. The van der Waals surface area contributed by atoms with Gasteiger partial charge in [0.15, 0.2) is 0 Å². The van der Waals surface area contributed by atoms with Crippen LogP contribution in [0.15, 0.2) is 22.7 Å². The molecule has 122 valence electrons. The Labute approximate surface area is 140 Å². The number of amides is 1. The third kappa shape index (κ3) is 4.46. The van der Waals surface area contributed by atoms with Crippen LogP contribution in [-0.4, -0.2) is 23.2 Å². The minimum atomic E-state index is -0.627. The molecule has 22 heavy (non-hydrogen) atoms. The Balaban J connectivity index is 2.12. The van der Waals surface area contributed by atoms with E-state index in [4.69, 9.17) is 0 Å². The number of carbonyl (C=O) groups excluding carboxylic acids is 1. The van der Waals surface area contributed by atoms with E-state index in [0.717, 1.165) is 41.5 Å². The quantitative estimate of drug-likeness (QED) is 0.747. The molecule has 0 heterocycles. The average molecular weight is 369 g/mol. The number of hydrogen-bond donors (Lipinski definition) is 3. The number of anilines is 2. The molecule has 5 heteroatoms. The lowest BCUT2D eigenvalue weighted by atomic mass is 9.95. The number of halogens is 1. The van der Waals surface area contributed by atoms with Gasteiger partial charge < -0.3 is 15.7 Å². The van der Waals surface area contributed by atoms with Crippen molar-refractivity contribution < 1.29 is 9.90 Å². The summed E-state index contributed by atoms with van der Waals surface area (Å²) in [5, 5.41) is 16.7. The molecule has 0 aromatic heterocycles. The van der Waals surface area contributed by atoms with Crippen molar-refractivity contribution >= 4 is 33.2 Å². The summed E-state index contributed by atoms with van der Waals surface area (Å²) in [5.74, 6) is -0.0340. The lowest BCUT2D eigenvalue weighted by Crippen LogP contribution is -2.34. The molecule has 0 bridgehead atoms. The lowest BCUT2D eigenvalue weighted by Gasteiger charge is -2.25. The highest BCUT2D eigenvalue weighted by Crippen LogP contribution is 2.32. The Morgan fingerprint density at radius 3 is 2.50 bits per heavy atom. The van der Waals surface area contributed by atoms with Crippen LogP contribution in [0.2, 0.25) is 0 Å². The van der Waals surface area contributed by atoms with E-state index in [9.17, 15) is 9.90 Å². The van der Waals surface area contributed by atoms with Gasteiger partial charge in [-0.15, -0.1) is 0 Å². The number of benzene rings is 1. The average Bonchev–Trinajstić information content (AvgIpc) is 2.84. The van der Waals surface area contributed by atoms with Gasteiger partial charge in [-0.1, -0.05) is 49.5 Å². The third-order valence-electron chi connectivity index (χ3n) is 4.05. The summed E-state index contributed by atoms with van der Waals surface area (Å²) < 4.78 is 0.904. The molecule has 4 nitrogen and oxygen atoms in total. The number of aliphatic hydroxyl groups is 1. The van der Waals surface area contributed by atoms with Crippen LogP contribution in [0.1, 0.15) is 46.5 Å². The van der Waals surface area contributed by atoms with Crippen LogP contribution in [0.5, 0.6) is 0 Å². The maximum Gasteiger partial charge on any atom is 0.229 e. The van der Waals surface area contributed by atoms with E-state index < -0.39 is 11.0 Å². The number of nitrogens with one attached hydrogen (secondary N) is 2. The molecule has 1 saturated carbocycles. The normalized spacial score (nSPS) is 17.3. The van der Waals surface area contributed by atoms with Gasteiger partial charge in [0.1, 0.15) is 0 Å². The smallest absolute Gasteiger partial charge is 0.229 e. The van der Waals surface area contributed by atoms with Crippen molar-refractivity contribution in [3.63, 3.8) is 0 Å². The van der Waals surface area contributed by atoms with Crippen LogP contribution in [-0.2, 0) is 4.79 Å². The maximum atomic E-state index is 12.2. The molecule has 1 aliphatic rings. The Morgan fingerprint density at radius 2 is 1.91 bits per heavy atom. The molecule has 1 aromatic carbocycles. The third-order valence-corrected chi connectivity index (χ3v) is 4.55. The van der Waals surface area contributed by atoms with Crippen molar-refractivity contribution in [2.75, 3.05) is 17.2 Å². The molecule has 1 aliphatic carbocycles. The molecular formula is C17H25BrN2O2. The monoisotopic (exact) mass is 368 g/mol. The van der Waals surface area contributed by atoms with Crippen LogP contribution in [0.25, 0.3) is 0 Å². The zero-order valence-electron chi connectivity index (χ0n) is 13.5. The fourth-order valence-electron chi connectivity index (χ4n) is 2.55. The summed E-state index contributed by atoms with van der Waals surface area (Å²) in [6, 6.07) is 5.72. The van der Waals surface area contributed by atoms with Gasteiger partial charge in [-0.25, -0.2) is 0 Å². The first-order valence-electron chi connectivity index (χ1n) is 7.77. The summed E-state index contributed by atoms with van der Waals surface area (Å²) >= 11 is 3.44. The highest BCUT2D eigenvalue weighted by molar-refractivity contribution is 9.10. The van der Waals surface area contributed by atoms with Crippen LogP contribution >= 0.6 is 15.9 Å². The molecule has 0 aliphatic heterocycles. The molecule has 0 spiro atoms. The molecule has 2 rings (SSSR count). The van der Waals surface area contributed by atoms with Crippen LogP contribution in [0.3, 0.4) is 0 Å². The van der Waals surface area contributed by atoms with Crippen molar-refractivity contribution in [3.05, 3.63) is 22.7 Å². The second kappa shape index (κ2) is 6.59. The Kier molecular flexibility index (Phi) is 5.17. The summed E-state index contributed by atoms with van der Waals surface area (Å²) in [5.41, 5.74) is 0.485. The van der Waals surface area contributed by atoms with Gasteiger partial charge in [0.25, 0.3) is 0 Å². The van der Waals surface area contributed by atoms with E-state index in [2.05, 4.69) is 26.6 Å². The van der Waals surface area contributed by atoms with Gasteiger partial charge in [0, 0.05) is 16.4 Å². The fraction of sp³-hybridized carbons (Fsp3) is 0.588. The fourth-order valence-corrected chi connectivity index (χ4v) is 2.91. The lowest BCUT2D eigenvalue weighted by molar-refractivity contribution is -0.123. The Morgan fingerprint density at radius 1 is 1.27 bits per heavy atom. The van der Waals surface area contributed by atoms with Crippen molar-refractivity contribution in [3.8, 4) is 0 Å². The first kappa shape index (κ1) is 17.3. The molecule has 0 atom stereocenters. The number of carbonyl (C=O) groups is 1. The summed E-state index contributed by atoms with van der Waals surface area (Å²) in [6.45, 7) is 6.16. The second-order valence-corrected chi connectivity index (χ2v) is 8.09. The van der Waals surface area contributed by atoms with Crippen LogP contribution in [0.4, 0.5) is 11.4 Å². The number of rotatable bonds is 4. The SMILES string of the molecule is CC(C)(C)C(=O)Nc1cc(Br)ccc1NCC1(O)CCCC1. The van der Waals surface area contributed by atoms with Crippen molar-refractivity contribution in [1.29, 1.82) is 0 Å². The summed E-state index contributed by atoms with van der Waals surface area (Å²) in [6.07, 6.45) is 3.82. The van der Waals surface area contributed by atoms with Gasteiger partial charge in [0.2, 0.25) is 5.91 Å². The topological polar surface area (TPSA) is 61.4 Å². The largest absolute Gasteiger partial charge is 0.388 e. The zero-order valence-corrected chi connectivity index (χ0v) is 15.1. The van der Waals surface area contributed by atoms with Crippen molar-refractivity contribution in [1.82, 2.24) is 0 Å². The second-order valence-electron chi connectivity index (χ2n) is 7.18. The Bertz CT molecular complexity index is 546. The molecule has 1 amide bonds. The molecule has 3 N–H and O–H groups in total. The van der Waals surface area contributed by atoms with Gasteiger partial charge in [-0.05, 0) is 31.0 Å². The first-order valence-corrected chi connectivity index (χ1v) is 8.56. The van der Waals surface area contributed by atoms with Crippen LogP contribution in [0, 0.1) is 5.41 Å². The first-order chi connectivity index (χ1) is 10.2. The Hall–Kier alpha value is -1.07. The van der Waals surface area contributed by atoms with Crippen molar-refractivity contribution in [2.24, 2.45) is 5.41 Å². The summed E-state index contributed by atoms with van der Waals surface area (Å²) in [7, 11) is 0. The van der Waals surface area contributed by atoms with E-state index in [1.54, 1.807) is 0 Å². The molecule has 0 unspecified atom stereocenters. The molecule has 1 fully saturated rings. The highest BCUT2D eigenvalue weighted by atomic mass is 79.9. The highest BCUT2D eigenvalue weighted by Gasteiger charge is 2.31. The summed E-state index contributed by atoms with van der Waals surface area (Å²) in [4.78, 5) is 12.2. The minimum Gasteiger partial charge on any atom is -0.388 e. The number of hydrogen-bond acceptors (Lipinski definition) is 3. The van der Waals surface area contributed by atoms with E-state index in [1.165, 1.54) is 0 Å². The maximum absolute atomic E-state index is 12.2. The van der Waals surface area contributed by atoms with Gasteiger partial charge >= 0.3 is 0 Å². The minimum absolute atomic E-state index is 0.0340. The standard InChI is InChI=1S/C17H25BrN2O2/c1-16(2,3)15(21)20-14-10-12(18)6-7-13(14)19-11-17(22)8-4-5-9-17/h6-7,10,19,22H,4-5,8-9,11H2,1-3H3,(H,20,21). The van der Waals surface area contributed by atoms with E-state index in [0.29, 0.717) is 6.54 Å². The zero-order chi connectivity index (χ0) is 16.4. The van der Waals surface area contributed by atoms with E-state index >= 15 is 0 Å². The predicted octanol–water partition coefficient (Wildman–Crippen LogP) is 4.15. The van der Waals surface area contributed by atoms with Gasteiger partial charge in [-0.2, -0.15) is 0 Å². The van der Waals surface area contributed by atoms with Crippen molar-refractivity contribution in [2.45, 2.75) is 52.1 Å². The van der Waals surface area contributed by atoms with E-state index in [1.807, 2.05) is 39.0 Å². The molecule has 0 radical (unpaired) electrons. The van der Waals surface area contributed by atoms with Gasteiger partial charge in [-0.3, -0.25) is 4.79 Å². The van der Waals surface area contributed by atoms with Crippen LogP contribution < -0.4 is 10.6 Å². The molecule has 0 saturated heterocycles. The van der Waals surface area contributed by atoms with E-state index in [-0.39, 0.29) is 5.91 Å². The van der Waals surface area contributed by atoms with Gasteiger partial charge in [0.05, 0.1) is 17.0 Å².